The molecule has 16 nitrogen and oxygen atoms in total. The molecule has 78 heavy (non-hydrogen) atoms. The summed E-state index contributed by atoms with van der Waals surface area (Å²) < 4.78 is 9.89. The molecule has 1 heterocycles. The van der Waals surface area contributed by atoms with Crippen molar-refractivity contribution in [3.05, 3.63) is 70.8 Å². The van der Waals surface area contributed by atoms with E-state index >= 15 is 0 Å². The summed E-state index contributed by atoms with van der Waals surface area (Å²) in [6.45, 7) is 13.2. The molecule has 11 rings (SSSR count). The fraction of sp³-hybridized carbons (Fsp3) is 0.677. The molecule has 0 bridgehead atoms. The Hall–Kier alpha value is -5.16. The number of carbonyl (C=O) groups is 2. The number of hydrogen-bond acceptors (Lipinski definition) is 14. The van der Waals surface area contributed by atoms with Gasteiger partial charge in [0.15, 0.2) is 36.2 Å². The molecule has 0 radical (unpaired) electrons. The Balaban J connectivity index is 0.000000171. The Morgan fingerprint density at radius 1 is 0.538 bits per heavy atom. The topological polar surface area (TPSA) is 241 Å². The van der Waals surface area contributed by atoms with Crippen LogP contribution in [0.4, 0.5) is 0 Å². The molecule has 12 atom stereocenters. The first-order chi connectivity index (χ1) is 37.4. The van der Waals surface area contributed by atoms with Gasteiger partial charge in [0.2, 0.25) is 0 Å². The van der Waals surface area contributed by atoms with Crippen LogP contribution in [-0.4, -0.2) is 119 Å². The van der Waals surface area contributed by atoms with Crippen LogP contribution in [0.1, 0.15) is 142 Å². The molecule has 8 N–H and O–H groups in total. The van der Waals surface area contributed by atoms with Crippen molar-refractivity contribution >= 4 is 23.2 Å². The number of aliphatic hydroxyl groups excluding tert-OH is 2. The summed E-state index contributed by atoms with van der Waals surface area (Å²) >= 11 is 0. The number of allylic oxidation sites excluding steroid dienone is 4. The number of oxime groups is 2. The second-order valence-electron chi connectivity index (χ2n) is 25.1. The van der Waals surface area contributed by atoms with Crippen LogP contribution in [0.5, 0.6) is 23.0 Å². The Morgan fingerprint density at radius 3 is 1.33 bits per heavy atom. The number of hydrogen-bond donors (Lipinski definition) is 8. The number of carbonyl (C=O) groups excluding carboxylic acids is 2. The fourth-order valence-electron chi connectivity index (χ4n) is 16.3. The zero-order valence-corrected chi connectivity index (χ0v) is 46.6. The van der Waals surface area contributed by atoms with E-state index in [1.165, 1.54) is 73.9 Å². The molecule has 8 unspecified atom stereocenters. The quantitative estimate of drug-likeness (QED) is 0.0734. The lowest BCUT2D eigenvalue weighted by molar-refractivity contribution is -0.126. The van der Waals surface area contributed by atoms with E-state index < -0.39 is 0 Å². The van der Waals surface area contributed by atoms with Gasteiger partial charge in [0.25, 0.3) is 11.8 Å². The minimum absolute atomic E-state index is 0.111. The number of fused-ring (bicyclic) bond motifs is 10. The number of ether oxygens (including phenoxy) is 2. The van der Waals surface area contributed by atoms with Gasteiger partial charge in [0.1, 0.15) is 0 Å². The van der Waals surface area contributed by atoms with Crippen molar-refractivity contribution in [3.63, 3.8) is 0 Å². The molecule has 7 fully saturated rings. The van der Waals surface area contributed by atoms with Crippen molar-refractivity contribution in [2.24, 2.45) is 67.5 Å². The maximum absolute atomic E-state index is 12.1. The summed E-state index contributed by atoms with van der Waals surface area (Å²) in [6, 6.07) is 9.28. The van der Waals surface area contributed by atoms with Crippen LogP contribution in [0, 0.1) is 57.2 Å². The number of aliphatic hydroxyl groups is 2. The molecular weight excluding hydrogens is 993 g/mol. The molecule has 8 aliphatic carbocycles. The Bertz CT molecular complexity index is 2400. The molecule has 2 aromatic carbocycles. The number of rotatable bonds is 12. The van der Waals surface area contributed by atoms with E-state index in [2.05, 4.69) is 60.8 Å². The summed E-state index contributed by atoms with van der Waals surface area (Å²) in [5.41, 5.74) is 7.10. The van der Waals surface area contributed by atoms with E-state index in [-0.39, 0.29) is 81.9 Å². The van der Waals surface area contributed by atoms with Crippen LogP contribution >= 0.6 is 0 Å². The zero-order valence-electron chi connectivity index (χ0n) is 46.6. The SMILES string of the molecule is C1COCCO1.C[C@]12CCC3C(CCC4=C/C(=N\OCC(=O)NCCc5ccc(O)c(O)c5)CC[C@@]43C)C1CCC2O.C[C@]12CCC3C(CCC4=C/C(=N\OCC(=O)NCCc5ccc(O)c(O)c5)CC[C@@]43C)C1CCC2O. The van der Waals surface area contributed by atoms with Crippen LogP contribution in [0.2, 0.25) is 0 Å². The highest BCUT2D eigenvalue weighted by Gasteiger charge is 2.60. The lowest BCUT2D eigenvalue weighted by atomic mass is 9.47. The molecule has 428 valence electrons. The molecule has 1 saturated heterocycles. The second kappa shape index (κ2) is 24.7. The van der Waals surface area contributed by atoms with Gasteiger partial charge in [0, 0.05) is 13.1 Å². The zero-order chi connectivity index (χ0) is 55.2. The Labute approximate surface area is 461 Å². The summed E-state index contributed by atoms with van der Waals surface area (Å²) in [4.78, 5) is 35.1. The third-order valence-corrected chi connectivity index (χ3v) is 20.9. The molecule has 16 heteroatoms. The summed E-state index contributed by atoms with van der Waals surface area (Å²) in [5.74, 6) is 3.00. The van der Waals surface area contributed by atoms with Crippen molar-refractivity contribution in [2.75, 3.05) is 52.7 Å². The van der Waals surface area contributed by atoms with Gasteiger partial charge >= 0.3 is 0 Å². The molecular formula is C62H88N4O12. The first kappa shape index (κ1) is 57.5. The number of phenols is 4. The number of nitrogens with one attached hydrogen (secondary N) is 2. The average molecular weight is 1080 g/mol. The first-order valence-corrected chi connectivity index (χ1v) is 29.3. The van der Waals surface area contributed by atoms with Gasteiger partial charge in [-0.25, -0.2) is 0 Å². The van der Waals surface area contributed by atoms with Gasteiger partial charge in [-0.1, -0.05) is 61.3 Å². The largest absolute Gasteiger partial charge is 0.504 e. The van der Waals surface area contributed by atoms with Crippen molar-refractivity contribution < 1.29 is 59.4 Å². The van der Waals surface area contributed by atoms with E-state index in [9.17, 15) is 40.2 Å². The minimum Gasteiger partial charge on any atom is -0.504 e. The van der Waals surface area contributed by atoms with Crippen molar-refractivity contribution in [1.29, 1.82) is 0 Å². The van der Waals surface area contributed by atoms with E-state index in [0.717, 1.165) is 113 Å². The first-order valence-electron chi connectivity index (χ1n) is 29.3. The van der Waals surface area contributed by atoms with Gasteiger partial charge < -0.3 is 60.4 Å². The van der Waals surface area contributed by atoms with Gasteiger partial charge in [-0.2, -0.15) is 0 Å². The number of amides is 2. The Kier molecular flexibility index (Phi) is 18.2. The fourth-order valence-corrected chi connectivity index (χ4v) is 16.3. The lowest BCUT2D eigenvalue weighted by Gasteiger charge is -2.57. The van der Waals surface area contributed by atoms with Gasteiger partial charge in [0.05, 0.1) is 50.1 Å². The van der Waals surface area contributed by atoms with Gasteiger partial charge in [-0.15, -0.1) is 0 Å². The van der Waals surface area contributed by atoms with Crippen molar-refractivity contribution in [1.82, 2.24) is 10.6 Å². The number of nitrogens with zero attached hydrogens (tertiary/aromatic N) is 2. The van der Waals surface area contributed by atoms with Crippen molar-refractivity contribution in [2.45, 2.75) is 155 Å². The minimum atomic E-state index is -0.236. The molecule has 1 aliphatic heterocycles. The van der Waals surface area contributed by atoms with Gasteiger partial charge in [-0.05, 0) is 220 Å². The van der Waals surface area contributed by atoms with Crippen LogP contribution in [-0.2, 0) is 41.6 Å². The monoisotopic (exact) mass is 1080 g/mol. The molecule has 9 aliphatic rings. The van der Waals surface area contributed by atoms with E-state index in [0.29, 0.717) is 61.4 Å². The van der Waals surface area contributed by atoms with E-state index in [1.807, 2.05) is 0 Å². The predicted octanol–water partition coefficient (Wildman–Crippen LogP) is 8.94. The summed E-state index contributed by atoms with van der Waals surface area (Å²) in [7, 11) is 0. The highest BCUT2D eigenvalue weighted by molar-refractivity contribution is 5.97. The highest BCUT2D eigenvalue weighted by atomic mass is 16.6. The molecule has 6 saturated carbocycles. The third kappa shape index (κ3) is 12.4. The number of phenolic OH excluding ortho intramolecular Hbond substituents is 4. The van der Waals surface area contributed by atoms with Crippen molar-refractivity contribution in [3.8, 4) is 23.0 Å². The Morgan fingerprint density at radius 2 is 0.949 bits per heavy atom. The van der Waals surface area contributed by atoms with Crippen LogP contribution in [0.15, 0.2) is 70.0 Å². The maximum Gasteiger partial charge on any atom is 0.260 e. The number of benzene rings is 2. The average Bonchev–Trinajstić information content (AvgIpc) is 4.10. The summed E-state index contributed by atoms with van der Waals surface area (Å²) in [6.07, 6.45) is 22.7. The highest BCUT2D eigenvalue weighted by Crippen LogP contribution is 2.67. The maximum atomic E-state index is 12.1. The molecule has 2 amide bonds. The molecule has 0 aromatic heterocycles. The van der Waals surface area contributed by atoms with Crippen LogP contribution < -0.4 is 10.6 Å². The molecule has 2 aromatic rings. The van der Waals surface area contributed by atoms with Gasteiger partial charge in [-0.3, -0.25) is 9.59 Å². The predicted molar refractivity (Wildman–Crippen MR) is 297 cm³/mol. The molecule has 0 spiro atoms. The second-order valence-corrected chi connectivity index (χ2v) is 25.1. The van der Waals surface area contributed by atoms with E-state index in [4.69, 9.17) is 19.1 Å². The lowest BCUT2D eigenvalue weighted by Crippen LogP contribution is -2.51. The van der Waals surface area contributed by atoms with Crippen LogP contribution in [0.25, 0.3) is 0 Å². The number of aromatic hydroxyl groups is 4. The van der Waals surface area contributed by atoms with E-state index in [1.54, 1.807) is 12.1 Å². The smallest absolute Gasteiger partial charge is 0.260 e. The summed E-state index contributed by atoms with van der Waals surface area (Å²) in [5, 5.41) is 73.4. The third-order valence-electron chi connectivity index (χ3n) is 20.9. The normalized spacial score (nSPS) is 35.5. The standard InChI is InChI=1S/2C29H40N2O5.C4H8O2/c2*1-28-12-9-20(31-36-17-27(35)30-14-11-18-3-7-24(32)25(33)15-18)16-19(28)4-5-21-22-6-8-26(34)29(22,2)13-10-23(21)28;1-2-6-4-3-5-1/h2*3,7,15-16,21-23,26,32-34H,4-6,8-14,17H2,1-2H3,(H,30,35);1-4H2/b2*31-20-;/t2*21?,22?,23?,26?,28-,29-;/m00./s1. The van der Waals surface area contributed by atoms with Crippen LogP contribution in [0.3, 0.4) is 0 Å².